The maximum Gasteiger partial charge on any atom is 0.573 e. The lowest BCUT2D eigenvalue weighted by atomic mass is 10.2. The Morgan fingerprint density at radius 3 is 2.52 bits per heavy atom. The minimum atomic E-state index is -5.18. The molecule has 2 rings (SSSR count). The molecule has 150 valence electrons. The van der Waals surface area contributed by atoms with Crippen molar-refractivity contribution < 1.29 is 31.2 Å². The van der Waals surface area contributed by atoms with E-state index < -0.39 is 23.7 Å². The van der Waals surface area contributed by atoms with Crippen LogP contribution in [-0.4, -0.2) is 28.0 Å². The number of hydrogen-bond acceptors (Lipinski definition) is 5. The van der Waals surface area contributed by atoms with E-state index in [1.165, 1.54) is 0 Å². The molecule has 0 aliphatic rings. The molecule has 0 radical (unpaired) electrons. The maximum atomic E-state index is 13.7. The number of ether oxygens (including phenoxy) is 1. The van der Waals surface area contributed by atoms with Gasteiger partial charge < -0.3 is 14.6 Å². The predicted molar refractivity (Wildman–Crippen MR) is 97.9 cm³/mol. The van der Waals surface area contributed by atoms with Crippen LogP contribution in [0.25, 0.3) is 0 Å². The lowest BCUT2D eigenvalue weighted by molar-refractivity contribution is -0.276. The lowest BCUT2D eigenvalue weighted by Crippen LogP contribution is -2.19. The van der Waals surface area contributed by atoms with Crippen molar-refractivity contribution in [3.63, 3.8) is 0 Å². The molecule has 0 fully saturated rings. The average Bonchev–Trinajstić information content (AvgIpc) is 3.03. The van der Waals surface area contributed by atoms with Crippen molar-refractivity contribution in [2.45, 2.75) is 32.3 Å². The van der Waals surface area contributed by atoms with E-state index in [-0.39, 0.29) is 12.1 Å². The van der Waals surface area contributed by atoms with E-state index in [2.05, 4.69) is 42.4 Å². The van der Waals surface area contributed by atoms with E-state index >= 15 is 0 Å². The first kappa shape index (κ1) is 22.0. The molecule has 1 aromatic heterocycles. The highest BCUT2D eigenvalue weighted by Crippen LogP contribution is 2.29. The molecule has 0 spiro atoms. The van der Waals surface area contributed by atoms with Crippen LogP contribution in [0, 0.1) is 11.6 Å². The molecule has 0 aliphatic heterocycles. The molecular weight excluding hydrogens is 509 g/mol. The summed E-state index contributed by atoms with van der Waals surface area (Å²) in [5.41, 5.74) is 0.0888. The molecule has 27 heavy (non-hydrogen) atoms. The average molecular weight is 524 g/mol. The molecule has 1 N–H and O–H groups in total. The van der Waals surface area contributed by atoms with Crippen LogP contribution in [0.4, 0.5) is 27.8 Å². The standard InChI is InChI=1S/C14H15F5IN4O2P/c15-10-5-9(6-11(16)13(10)26-14(17,18)19)7-21-12-8-24(23-22-12)3-1-2-4-25-27-20/h5-6,8,21,27H,1-4,7H2. The summed E-state index contributed by atoms with van der Waals surface area (Å²) in [7, 11) is 0. The zero-order valence-electron chi connectivity index (χ0n) is 13.7. The quantitative estimate of drug-likeness (QED) is 0.210. The van der Waals surface area contributed by atoms with Crippen LogP contribution in [0.5, 0.6) is 5.75 Å². The third-order valence-electron chi connectivity index (χ3n) is 3.23. The number of benzene rings is 1. The number of nitrogens with one attached hydrogen (secondary N) is 1. The number of rotatable bonds is 10. The Kier molecular flexibility index (Phi) is 8.42. The minimum Gasteiger partial charge on any atom is -0.399 e. The van der Waals surface area contributed by atoms with E-state index in [1.54, 1.807) is 10.9 Å². The summed E-state index contributed by atoms with van der Waals surface area (Å²) in [6.07, 6.45) is -1.83. The first-order valence-corrected chi connectivity index (χ1v) is 11.7. The Morgan fingerprint density at radius 2 is 1.89 bits per heavy atom. The van der Waals surface area contributed by atoms with Crippen LogP contribution in [-0.2, 0) is 17.6 Å². The Hall–Kier alpha value is -1.27. The van der Waals surface area contributed by atoms with Crippen molar-refractivity contribution in [3.05, 3.63) is 35.5 Å². The number of anilines is 1. The molecule has 1 heterocycles. The lowest BCUT2D eigenvalue weighted by Gasteiger charge is -2.12. The number of aromatic nitrogens is 3. The van der Waals surface area contributed by atoms with Gasteiger partial charge in [0.25, 0.3) is 0 Å². The largest absolute Gasteiger partial charge is 0.573 e. The van der Waals surface area contributed by atoms with Gasteiger partial charge in [0, 0.05) is 13.1 Å². The summed E-state index contributed by atoms with van der Waals surface area (Å²) in [5, 5.41) is 10.6. The number of nitrogens with zero attached hydrogens (tertiary/aromatic N) is 3. The third kappa shape index (κ3) is 7.70. The van der Waals surface area contributed by atoms with E-state index in [9.17, 15) is 22.0 Å². The summed E-state index contributed by atoms with van der Waals surface area (Å²) >= 11 is 2.15. The monoisotopic (exact) mass is 524 g/mol. The fourth-order valence-corrected chi connectivity index (χ4v) is 2.98. The highest BCUT2D eigenvalue weighted by Gasteiger charge is 2.34. The van der Waals surface area contributed by atoms with Gasteiger partial charge in [-0.05, 0) is 52.6 Å². The topological polar surface area (TPSA) is 61.2 Å². The number of hydrogen-bond donors (Lipinski definition) is 1. The second-order valence-electron chi connectivity index (χ2n) is 5.29. The molecule has 0 saturated carbocycles. The Bertz CT molecular complexity index is 724. The zero-order valence-corrected chi connectivity index (χ0v) is 16.9. The molecule has 2 aromatic rings. The van der Waals surface area contributed by atoms with Crippen molar-refractivity contribution in [1.29, 1.82) is 0 Å². The third-order valence-corrected chi connectivity index (χ3v) is 4.47. The van der Waals surface area contributed by atoms with Gasteiger partial charge in [-0.25, -0.2) is 8.78 Å². The van der Waals surface area contributed by atoms with Crippen LogP contribution in [0.2, 0.25) is 0 Å². The van der Waals surface area contributed by atoms with Gasteiger partial charge in [-0.2, -0.15) is 0 Å². The first-order chi connectivity index (χ1) is 12.8. The normalized spacial score (nSPS) is 12.1. The van der Waals surface area contributed by atoms with Crippen molar-refractivity contribution in [3.8, 4) is 5.75 Å². The van der Waals surface area contributed by atoms with Crippen LogP contribution < -0.4 is 10.1 Å². The van der Waals surface area contributed by atoms with Gasteiger partial charge in [-0.3, -0.25) is 4.68 Å². The molecule has 1 unspecified atom stereocenters. The molecule has 13 heteroatoms. The molecular formula is C14H15F5IN4O2P. The minimum absolute atomic E-state index is 0.0523. The van der Waals surface area contributed by atoms with Gasteiger partial charge in [-0.1, -0.05) is 5.21 Å². The van der Waals surface area contributed by atoms with E-state index in [4.69, 9.17) is 4.52 Å². The van der Waals surface area contributed by atoms with E-state index in [0.717, 1.165) is 25.0 Å². The molecule has 6 nitrogen and oxygen atoms in total. The smallest absolute Gasteiger partial charge is 0.399 e. The second kappa shape index (κ2) is 10.3. The molecule has 0 bridgehead atoms. The highest BCUT2D eigenvalue weighted by molar-refractivity contribution is 14.2. The molecule has 1 atom stereocenters. The highest BCUT2D eigenvalue weighted by atomic mass is 127. The number of halogens is 6. The fraction of sp³-hybridized carbons (Fsp3) is 0.429. The van der Waals surface area contributed by atoms with Crippen LogP contribution in [0.1, 0.15) is 18.4 Å². The fourth-order valence-electron chi connectivity index (χ4n) is 2.10. The zero-order chi connectivity index (χ0) is 19.9. The Morgan fingerprint density at radius 1 is 1.19 bits per heavy atom. The molecule has 1 aromatic carbocycles. The molecule has 0 aliphatic carbocycles. The van der Waals surface area contributed by atoms with Crippen LogP contribution in [0.3, 0.4) is 0 Å². The van der Waals surface area contributed by atoms with Gasteiger partial charge in [0.05, 0.1) is 19.3 Å². The second-order valence-corrected chi connectivity index (χ2v) is 7.05. The van der Waals surface area contributed by atoms with Crippen LogP contribution in [0.15, 0.2) is 18.3 Å². The summed E-state index contributed by atoms with van der Waals surface area (Å²) in [6.45, 7) is 1.68. The Labute approximate surface area is 166 Å². The molecule has 0 amide bonds. The van der Waals surface area contributed by atoms with Gasteiger partial charge in [0.15, 0.2) is 17.5 Å². The number of aryl methyl sites for hydroxylation is 1. The number of alkyl halides is 3. The van der Waals surface area contributed by atoms with Gasteiger partial charge in [0.2, 0.25) is 5.75 Å². The van der Waals surface area contributed by atoms with Crippen molar-refractivity contribution in [1.82, 2.24) is 15.0 Å². The maximum absolute atomic E-state index is 13.7. The Balaban J connectivity index is 1.88. The van der Waals surface area contributed by atoms with Crippen LogP contribution >= 0.6 is 28.5 Å². The van der Waals surface area contributed by atoms with Crippen molar-refractivity contribution in [2.75, 3.05) is 11.9 Å². The SMILES string of the molecule is Fc1cc(CNc2cn(CCCCOPI)nn2)cc(F)c1OC(F)(F)F. The summed E-state index contributed by atoms with van der Waals surface area (Å²) < 4.78 is 73.9. The predicted octanol–water partition coefficient (Wildman–Crippen LogP) is 4.81. The van der Waals surface area contributed by atoms with E-state index in [0.29, 0.717) is 25.4 Å². The number of unbranched alkanes of at least 4 members (excludes halogenated alkanes) is 1. The first-order valence-electron chi connectivity index (χ1n) is 7.63. The summed E-state index contributed by atoms with van der Waals surface area (Å²) in [5.74, 6) is -4.00. The summed E-state index contributed by atoms with van der Waals surface area (Å²) in [4.78, 5) is 0. The van der Waals surface area contributed by atoms with Gasteiger partial charge >= 0.3 is 6.36 Å². The van der Waals surface area contributed by atoms with Gasteiger partial charge in [-0.15, -0.1) is 18.3 Å². The summed E-state index contributed by atoms with van der Waals surface area (Å²) in [6, 6.07) is 1.52. The van der Waals surface area contributed by atoms with Crippen molar-refractivity contribution in [2.24, 2.45) is 0 Å². The van der Waals surface area contributed by atoms with Crippen molar-refractivity contribution >= 4 is 34.3 Å². The van der Waals surface area contributed by atoms with E-state index in [1.807, 2.05) is 0 Å². The van der Waals surface area contributed by atoms with Gasteiger partial charge in [0.1, 0.15) is 0 Å². The molecule has 0 saturated heterocycles.